The second kappa shape index (κ2) is 4.09. The molecule has 0 bridgehead atoms. The minimum Gasteiger partial charge on any atom is -0.481 e. The first kappa shape index (κ1) is 10.5. The summed E-state index contributed by atoms with van der Waals surface area (Å²) in [6.07, 6.45) is 0.361. The van der Waals surface area contributed by atoms with Crippen LogP contribution in [0.3, 0.4) is 0 Å². The van der Waals surface area contributed by atoms with Gasteiger partial charge < -0.3 is 10.8 Å². The highest BCUT2D eigenvalue weighted by Gasteiger charge is 2.12. The normalized spacial score (nSPS) is 12.4. The van der Waals surface area contributed by atoms with Crippen molar-refractivity contribution in [1.29, 1.82) is 0 Å². The number of aliphatic carboxylic acids is 1. The number of hydrogen-bond donors (Lipinski definition) is 2. The largest absolute Gasteiger partial charge is 0.481 e. The van der Waals surface area contributed by atoms with E-state index in [0.29, 0.717) is 6.42 Å². The number of anilines is 1. The molecule has 1 rings (SSSR count). The third-order valence-corrected chi connectivity index (χ3v) is 2.02. The van der Waals surface area contributed by atoms with Gasteiger partial charge in [0.2, 0.25) is 0 Å². The van der Waals surface area contributed by atoms with Gasteiger partial charge in [0.1, 0.15) is 5.82 Å². The lowest BCUT2D eigenvalue weighted by molar-refractivity contribution is -0.141. The lowest BCUT2D eigenvalue weighted by Crippen LogP contribution is -2.12. The number of carboxylic acid groups (broad SMARTS) is 1. The van der Waals surface area contributed by atoms with Crippen molar-refractivity contribution in [2.75, 3.05) is 5.73 Å². The molecule has 0 heterocycles. The number of carboxylic acids is 1. The maximum Gasteiger partial charge on any atom is 0.306 e. The van der Waals surface area contributed by atoms with E-state index in [9.17, 15) is 9.18 Å². The number of nitrogens with two attached hydrogens (primary N) is 1. The molecule has 1 aromatic rings. The highest BCUT2D eigenvalue weighted by molar-refractivity contribution is 5.70. The van der Waals surface area contributed by atoms with Crippen LogP contribution in [0.2, 0.25) is 0 Å². The molecule has 0 aliphatic rings. The van der Waals surface area contributed by atoms with Gasteiger partial charge in [0, 0.05) is 0 Å². The molecule has 0 aliphatic carbocycles. The first-order valence-corrected chi connectivity index (χ1v) is 4.27. The van der Waals surface area contributed by atoms with Crippen LogP contribution in [0.25, 0.3) is 0 Å². The predicted octanol–water partition coefficient (Wildman–Crippen LogP) is 1.67. The smallest absolute Gasteiger partial charge is 0.306 e. The van der Waals surface area contributed by atoms with E-state index in [1.165, 1.54) is 12.1 Å². The van der Waals surface area contributed by atoms with E-state index in [0.717, 1.165) is 5.56 Å². The van der Waals surface area contributed by atoms with Crippen LogP contribution in [-0.4, -0.2) is 11.1 Å². The Morgan fingerprint density at radius 2 is 2.29 bits per heavy atom. The first-order valence-electron chi connectivity index (χ1n) is 4.27. The molecular weight excluding hydrogens is 185 g/mol. The Balaban J connectivity index is 2.78. The third-order valence-electron chi connectivity index (χ3n) is 2.02. The molecule has 0 saturated carbocycles. The molecular formula is C10H12FNO2. The van der Waals surface area contributed by atoms with Crippen molar-refractivity contribution < 1.29 is 14.3 Å². The molecule has 4 heteroatoms. The monoisotopic (exact) mass is 197 g/mol. The number of carbonyl (C=O) groups is 1. The number of halogens is 1. The van der Waals surface area contributed by atoms with E-state index >= 15 is 0 Å². The van der Waals surface area contributed by atoms with E-state index in [1.807, 2.05) is 0 Å². The fourth-order valence-electron chi connectivity index (χ4n) is 1.16. The number of benzene rings is 1. The minimum atomic E-state index is -0.868. The predicted molar refractivity (Wildman–Crippen MR) is 51.3 cm³/mol. The zero-order valence-electron chi connectivity index (χ0n) is 7.83. The van der Waals surface area contributed by atoms with Gasteiger partial charge in [0.25, 0.3) is 0 Å². The number of nitrogen functional groups attached to an aromatic ring is 1. The van der Waals surface area contributed by atoms with Crippen LogP contribution in [0.4, 0.5) is 10.1 Å². The zero-order valence-corrected chi connectivity index (χ0v) is 7.83. The molecule has 0 aromatic heterocycles. The van der Waals surface area contributed by atoms with Crippen LogP contribution >= 0.6 is 0 Å². The second-order valence-electron chi connectivity index (χ2n) is 3.30. The Bertz CT molecular complexity index is 352. The minimum absolute atomic E-state index is 0.0556. The molecule has 1 aromatic carbocycles. The van der Waals surface area contributed by atoms with Crippen molar-refractivity contribution in [3.8, 4) is 0 Å². The average molecular weight is 197 g/mol. The van der Waals surface area contributed by atoms with Gasteiger partial charge in [-0.3, -0.25) is 4.79 Å². The van der Waals surface area contributed by atoms with Gasteiger partial charge in [-0.05, 0) is 24.1 Å². The standard InChI is InChI=1S/C10H12FNO2/c1-6(10(13)14)4-7-2-3-8(11)9(12)5-7/h2-3,5-6H,4,12H2,1H3,(H,13,14). The van der Waals surface area contributed by atoms with E-state index in [-0.39, 0.29) is 5.69 Å². The Morgan fingerprint density at radius 1 is 1.64 bits per heavy atom. The van der Waals surface area contributed by atoms with Crippen LogP contribution in [0.1, 0.15) is 12.5 Å². The quantitative estimate of drug-likeness (QED) is 0.724. The molecule has 0 saturated heterocycles. The molecule has 14 heavy (non-hydrogen) atoms. The molecule has 0 amide bonds. The van der Waals surface area contributed by atoms with Gasteiger partial charge in [-0.25, -0.2) is 4.39 Å². The summed E-state index contributed by atoms with van der Waals surface area (Å²) in [6.45, 7) is 1.60. The number of rotatable bonds is 3. The van der Waals surface area contributed by atoms with E-state index in [4.69, 9.17) is 10.8 Å². The van der Waals surface area contributed by atoms with Crippen molar-refractivity contribution in [1.82, 2.24) is 0 Å². The molecule has 0 aliphatic heterocycles. The average Bonchev–Trinajstić information content (AvgIpc) is 2.11. The molecule has 0 radical (unpaired) electrons. The SMILES string of the molecule is CC(Cc1ccc(F)c(N)c1)C(=O)O. The highest BCUT2D eigenvalue weighted by atomic mass is 19.1. The van der Waals surface area contributed by atoms with Crippen LogP contribution in [0.15, 0.2) is 18.2 Å². The molecule has 3 nitrogen and oxygen atoms in total. The summed E-state index contributed by atoms with van der Waals surface area (Å²) < 4.78 is 12.8. The number of hydrogen-bond acceptors (Lipinski definition) is 2. The van der Waals surface area contributed by atoms with Gasteiger partial charge in [-0.15, -0.1) is 0 Å². The van der Waals surface area contributed by atoms with Crippen molar-refractivity contribution in [3.05, 3.63) is 29.6 Å². The van der Waals surface area contributed by atoms with Crippen molar-refractivity contribution >= 4 is 11.7 Å². The second-order valence-corrected chi connectivity index (χ2v) is 3.30. The van der Waals surface area contributed by atoms with Crippen LogP contribution in [0.5, 0.6) is 0 Å². The third kappa shape index (κ3) is 2.45. The Kier molecular flexibility index (Phi) is 3.06. The Hall–Kier alpha value is -1.58. The molecule has 3 N–H and O–H groups in total. The molecule has 1 atom stereocenters. The van der Waals surface area contributed by atoms with Gasteiger partial charge >= 0.3 is 5.97 Å². The summed E-state index contributed by atoms with van der Waals surface area (Å²) in [6, 6.07) is 4.26. The summed E-state index contributed by atoms with van der Waals surface area (Å²) in [5.41, 5.74) is 6.14. The lowest BCUT2D eigenvalue weighted by atomic mass is 10.0. The van der Waals surface area contributed by atoms with Crippen LogP contribution in [-0.2, 0) is 11.2 Å². The van der Waals surface area contributed by atoms with Gasteiger partial charge in [0.15, 0.2) is 0 Å². The summed E-state index contributed by atoms with van der Waals surface area (Å²) in [5.74, 6) is -1.83. The lowest BCUT2D eigenvalue weighted by Gasteiger charge is -2.06. The van der Waals surface area contributed by atoms with Crippen molar-refractivity contribution in [2.24, 2.45) is 5.92 Å². The maximum absolute atomic E-state index is 12.8. The summed E-state index contributed by atoms with van der Waals surface area (Å²) in [7, 11) is 0. The van der Waals surface area contributed by atoms with Crippen molar-refractivity contribution in [2.45, 2.75) is 13.3 Å². The topological polar surface area (TPSA) is 63.3 Å². The summed E-state index contributed by atoms with van der Waals surface area (Å²) in [4.78, 5) is 10.6. The fraction of sp³-hybridized carbons (Fsp3) is 0.300. The summed E-state index contributed by atoms with van der Waals surface area (Å²) >= 11 is 0. The van der Waals surface area contributed by atoms with Gasteiger partial charge in [-0.2, -0.15) is 0 Å². The maximum atomic E-state index is 12.8. The molecule has 1 unspecified atom stereocenters. The van der Waals surface area contributed by atoms with Crippen LogP contribution in [0, 0.1) is 11.7 Å². The fourth-order valence-corrected chi connectivity index (χ4v) is 1.16. The van der Waals surface area contributed by atoms with Gasteiger partial charge in [-0.1, -0.05) is 13.0 Å². The van der Waals surface area contributed by atoms with Crippen LogP contribution < -0.4 is 5.73 Å². The zero-order chi connectivity index (χ0) is 10.7. The Labute approximate surface area is 81.4 Å². The van der Waals surface area contributed by atoms with Crippen molar-refractivity contribution in [3.63, 3.8) is 0 Å². The van der Waals surface area contributed by atoms with E-state index < -0.39 is 17.7 Å². The van der Waals surface area contributed by atoms with E-state index in [2.05, 4.69) is 0 Å². The molecule has 76 valence electrons. The first-order chi connectivity index (χ1) is 6.50. The highest BCUT2D eigenvalue weighted by Crippen LogP contribution is 2.15. The molecule has 0 spiro atoms. The Morgan fingerprint density at radius 3 is 2.79 bits per heavy atom. The molecule has 0 fully saturated rings. The van der Waals surface area contributed by atoms with E-state index in [1.54, 1.807) is 13.0 Å². The van der Waals surface area contributed by atoms with Gasteiger partial charge in [0.05, 0.1) is 11.6 Å². The summed E-state index contributed by atoms with van der Waals surface area (Å²) in [5, 5.41) is 8.66.